The van der Waals surface area contributed by atoms with Crippen LogP contribution < -0.4 is 0 Å². The van der Waals surface area contributed by atoms with E-state index in [0.29, 0.717) is 12.8 Å². The van der Waals surface area contributed by atoms with Gasteiger partial charge in [0.05, 0.1) is 32.8 Å². The molecule has 0 spiro atoms. The van der Waals surface area contributed by atoms with Gasteiger partial charge in [-0.05, 0) is 47.0 Å². The van der Waals surface area contributed by atoms with E-state index in [0.717, 1.165) is 38.5 Å². The van der Waals surface area contributed by atoms with Crippen LogP contribution in [-0.2, 0) is 14.3 Å². The predicted octanol–water partition coefficient (Wildman–Crippen LogP) is 9.96. The second-order valence-corrected chi connectivity index (χ2v) is 12.5. The summed E-state index contributed by atoms with van der Waals surface area (Å²) in [6, 6.07) is 0. The topological polar surface area (TPSA) is 43.4 Å². The van der Waals surface area contributed by atoms with Crippen LogP contribution in [0.25, 0.3) is 0 Å². The molecular weight excluding hydrogens is 485 g/mol. The summed E-state index contributed by atoms with van der Waals surface area (Å²) < 4.78 is 43.5. The highest BCUT2D eigenvalue weighted by Crippen LogP contribution is 2.17. The highest BCUT2D eigenvalue weighted by atomic mass is 32.2. The van der Waals surface area contributed by atoms with Crippen molar-refractivity contribution in [2.75, 3.05) is 32.8 Å². The van der Waals surface area contributed by atoms with Crippen LogP contribution in [0.4, 0.5) is 4.39 Å². The van der Waals surface area contributed by atoms with Gasteiger partial charge in [-0.1, -0.05) is 117 Å². The zero-order valence-electron chi connectivity index (χ0n) is 26.0. The Balaban J connectivity index is 0. The molecule has 0 rings (SSSR count). The summed E-state index contributed by atoms with van der Waals surface area (Å²) in [4.78, 5) is 0. The third-order valence-corrected chi connectivity index (χ3v) is 9.38. The fourth-order valence-corrected chi connectivity index (χ4v) is 5.72. The van der Waals surface area contributed by atoms with Crippen molar-refractivity contribution in [2.45, 2.75) is 169 Å². The molecule has 37 heavy (non-hydrogen) atoms. The maximum absolute atomic E-state index is 13.8. The smallest absolute Gasteiger partial charge is 0.299 e. The minimum atomic E-state index is -4.04. The first-order chi connectivity index (χ1) is 17.8. The van der Waals surface area contributed by atoms with Crippen LogP contribution in [0.5, 0.6) is 0 Å². The van der Waals surface area contributed by atoms with E-state index in [1.54, 1.807) is 0 Å². The average molecular weight is 553 g/mol. The monoisotopic (exact) mass is 552 g/mol. The zero-order valence-corrected chi connectivity index (χ0v) is 26.8. The molecule has 1 atom stereocenters. The lowest BCUT2D eigenvalue weighted by Crippen LogP contribution is -2.47. The first-order valence-electron chi connectivity index (χ1n) is 16.2. The maximum Gasteiger partial charge on any atom is 0.299 e. The molecule has 226 valence electrons. The van der Waals surface area contributed by atoms with Gasteiger partial charge >= 0.3 is 0 Å². The molecule has 0 aliphatic rings. The number of nitrogens with zero attached hydrogens (tertiary/aromatic N) is 1. The summed E-state index contributed by atoms with van der Waals surface area (Å²) in [5, 5.41) is 0. The molecule has 0 saturated heterocycles. The van der Waals surface area contributed by atoms with Gasteiger partial charge in [0.25, 0.3) is 10.1 Å². The minimum Gasteiger partial charge on any atom is -0.325 e. The SMILES string of the molecule is CCCCCCCCCCCCCCCOS(=O)(=O)C(F)CCCCCCC.CC[N+](CC)(CC)CC. The molecule has 0 aromatic carbocycles. The van der Waals surface area contributed by atoms with Gasteiger partial charge in [-0.3, -0.25) is 4.18 Å². The lowest BCUT2D eigenvalue weighted by atomic mass is 10.0. The first kappa shape index (κ1) is 38.9. The highest BCUT2D eigenvalue weighted by molar-refractivity contribution is 7.87. The minimum absolute atomic E-state index is 0.0602. The zero-order chi connectivity index (χ0) is 28.3. The number of alkyl halides is 1. The van der Waals surface area contributed by atoms with Crippen molar-refractivity contribution in [1.82, 2.24) is 0 Å². The summed E-state index contributed by atoms with van der Waals surface area (Å²) in [7, 11) is -4.04. The molecule has 0 amide bonds. The third kappa shape index (κ3) is 23.4. The van der Waals surface area contributed by atoms with Crippen molar-refractivity contribution in [1.29, 1.82) is 0 Å². The standard InChI is InChI=1S/C23H47FO3S.C8H20N/c1-3-5-7-9-10-11-12-13-14-15-16-18-20-22-27-28(25,26)23(24)21-19-17-8-6-4-2;1-5-9(6-2,7-3)8-4/h23H,3-22H2,1-2H3;5-8H2,1-4H3/q;+1. The Hall–Kier alpha value is -0.200. The number of unbranched alkanes of at least 4 members (excludes halogenated alkanes) is 16. The van der Waals surface area contributed by atoms with Gasteiger partial charge in [0, 0.05) is 0 Å². The first-order valence-corrected chi connectivity index (χ1v) is 17.6. The van der Waals surface area contributed by atoms with E-state index in [4.69, 9.17) is 4.18 Å². The Bertz CT molecular complexity index is 535. The van der Waals surface area contributed by atoms with E-state index < -0.39 is 15.6 Å². The molecule has 0 aliphatic carbocycles. The number of hydrogen-bond acceptors (Lipinski definition) is 3. The molecule has 0 aromatic heterocycles. The molecule has 4 nitrogen and oxygen atoms in total. The van der Waals surface area contributed by atoms with E-state index >= 15 is 0 Å². The molecule has 0 fully saturated rings. The molecule has 0 N–H and O–H groups in total. The van der Waals surface area contributed by atoms with E-state index in [-0.39, 0.29) is 13.0 Å². The summed E-state index contributed by atoms with van der Waals surface area (Å²) >= 11 is 0. The Kier molecular flexibility index (Phi) is 28.8. The van der Waals surface area contributed by atoms with Crippen LogP contribution in [0.15, 0.2) is 0 Å². The van der Waals surface area contributed by atoms with E-state index in [1.807, 2.05) is 0 Å². The Morgan fingerprint density at radius 3 is 1.19 bits per heavy atom. The number of quaternary nitrogens is 1. The van der Waals surface area contributed by atoms with Gasteiger partial charge in [-0.15, -0.1) is 0 Å². The van der Waals surface area contributed by atoms with Gasteiger partial charge < -0.3 is 4.48 Å². The number of halogens is 1. The molecular formula is C31H67FNO3S+. The van der Waals surface area contributed by atoms with Crippen molar-refractivity contribution < 1.29 is 21.5 Å². The quantitative estimate of drug-likeness (QED) is 0.0609. The van der Waals surface area contributed by atoms with Crippen molar-refractivity contribution in [2.24, 2.45) is 0 Å². The second-order valence-electron chi connectivity index (χ2n) is 10.8. The second kappa shape index (κ2) is 27.4. The fourth-order valence-electron chi connectivity index (χ4n) is 4.76. The summed E-state index contributed by atoms with van der Waals surface area (Å²) in [5.74, 6) is 0. The van der Waals surface area contributed by atoms with Crippen LogP contribution in [-0.4, -0.2) is 51.2 Å². The van der Waals surface area contributed by atoms with E-state index in [2.05, 4.69) is 41.5 Å². The number of rotatable bonds is 26. The van der Waals surface area contributed by atoms with Crippen molar-refractivity contribution in [3.05, 3.63) is 0 Å². The molecule has 0 saturated carbocycles. The average Bonchev–Trinajstić information content (AvgIpc) is 2.90. The lowest BCUT2D eigenvalue weighted by Gasteiger charge is -2.34. The number of hydrogen-bond donors (Lipinski definition) is 0. The highest BCUT2D eigenvalue weighted by Gasteiger charge is 2.25. The molecule has 6 heteroatoms. The van der Waals surface area contributed by atoms with Gasteiger partial charge in [-0.25, -0.2) is 4.39 Å². The third-order valence-electron chi connectivity index (χ3n) is 8.03. The van der Waals surface area contributed by atoms with Crippen LogP contribution in [0.2, 0.25) is 0 Å². The Morgan fingerprint density at radius 2 is 0.865 bits per heavy atom. The van der Waals surface area contributed by atoms with Crippen molar-refractivity contribution in [3.8, 4) is 0 Å². The molecule has 1 unspecified atom stereocenters. The van der Waals surface area contributed by atoms with Gasteiger partial charge in [0.1, 0.15) is 0 Å². The van der Waals surface area contributed by atoms with Gasteiger partial charge in [-0.2, -0.15) is 8.42 Å². The molecule has 0 aliphatic heterocycles. The fraction of sp³-hybridized carbons (Fsp3) is 1.00. The molecule has 0 bridgehead atoms. The van der Waals surface area contributed by atoms with Crippen LogP contribution in [0.3, 0.4) is 0 Å². The van der Waals surface area contributed by atoms with Gasteiger partial charge in [0.2, 0.25) is 5.50 Å². The normalized spacial score (nSPS) is 12.8. The van der Waals surface area contributed by atoms with E-state index in [9.17, 15) is 12.8 Å². The molecule has 0 radical (unpaired) electrons. The molecule has 0 heterocycles. The lowest BCUT2D eigenvalue weighted by molar-refractivity contribution is -0.921. The van der Waals surface area contributed by atoms with Crippen LogP contribution in [0.1, 0.15) is 164 Å². The largest absolute Gasteiger partial charge is 0.325 e. The van der Waals surface area contributed by atoms with Crippen LogP contribution >= 0.6 is 0 Å². The summed E-state index contributed by atoms with van der Waals surface area (Å²) in [5.41, 5.74) is -1.86. The Labute approximate surface area is 233 Å². The van der Waals surface area contributed by atoms with Crippen LogP contribution in [0, 0.1) is 0 Å². The Morgan fingerprint density at radius 1 is 0.541 bits per heavy atom. The maximum atomic E-state index is 13.8. The predicted molar refractivity (Wildman–Crippen MR) is 161 cm³/mol. The van der Waals surface area contributed by atoms with E-state index in [1.165, 1.54) is 94.9 Å². The summed E-state index contributed by atoms with van der Waals surface area (Å²) in [6.45, 7) is 18.7. The van der Waals surface area contributed by atoms with Crippen molar-refractivity contribution >= 4 is 10.1 Å². The summed E-state index contributed by atoms with van der Waals surface area (Å²) in [6.07, 6.45) is 20.9. The van der Waals surface area contributed by atoms with Crippen molar-refractivity contribution in [3.63, 3.8) is 0 Å². The van der Waals surface area contributed by atoms with Gasteiger partial charge in [0.15, 0.2) is 0 Å². The molecule has 0 aromatic rings.